The molecule has 0 unspecified atom stereocenters. The molecule has 0 amide bonds. The van der Waals surface area contributed by atoms with Gasteiger partial charge in [-0.3, -0.25) is 4.98 Å². The Morgan fingerprint density at radius 1 is 1.05 bits per heavy atom. The van der Waals surface area contributed by atoms with E-state index >= 15 is 0 Å². The minimum Gasteiger partial charge on any atom is -0.508 e. The van der Waals surface area contributed by atoms with E-state index in [-0.39, 0.29) is 5.75 Å². The Morgan fingerprint density at radius 3 is 2.79 bits per heavy atom. The fourth-order valence-corrected chi connectivity index (χ4v) is 1.72. The van der Waals surface area contributed by atoms with Crippen molar-refractivity contribution in [3.05, 3.63) is 48.3 Å². The average molecular weight is 253 g/mol. The van der Waals surface area contributed by atoms with Gasteiger partial charge >= 0.3 is 0 Å². The third kappa shape index (κ3) is 2.18. The van der Waals surface area contributed by atoms with Gasteiger partial charge in [-0.15, -0.1) is 0 Å². The van der Waals surface area contributed by atoms with Gasteiger partial charge in [0.2, 0.25) is 5.88 Å². The van der Waals surface area contributed by atoms with E-state index in [9.17, 15) is 5.11 Å². The van der Waals surface area contributed by atoms with Crippen molar-refractivity contribution in [1.82, 2.24) is 15.0 Å². The van der Waals surface area contributed by atoms with E-state index in [0.717, 1.165) is 0 Å². The molecule has 0 aliphatic rings. The SMILES string of the molecule is Cc1c(O)cccc1Oc1ccc2nccnc2n1. The third-order valence-electron chi connectivity index (χ3n) is 2.78. The summed E-state index contributed by atoms with van der Waals surface area (Å²) in [6, 6.07) is 8.63. The van der Waals surface area contributed by atoms with Crippen LogP contribution in [0.3, 0.4) is 0 Å². The van der Waals surface area contributed by atoms with Gasteiger partial charge in [-0.05, 0) is 25.1 Å². The van der Waals surface area contributed by atoms with Crippen LogP contribution in [0.1, 0.15) is 5.56 Å². The molecular formula is C14H11N3O2. The quantitative estimate of drug-likeness (QED) is 0.760. The molecule has 94 valence electrons. The van der Waals surface area contributed by atoms with Gasteiger partial charge in [0.25, 0.3) is 0 Å². The highest BCUT2D eigenvalue weighted by Crippen LogP contribution is 2.29. The predicted molar refractivity (Wildman–Crippen MR) is 70.3 cm³/mol. The van der Waals surface area contributed by atoms with Gasteiger partial charge in [-0.2, -0.15) is 4.98 Å². The van der Waals surface area contributed by atoms with Crippen molar-refractivity contribution in [3.8, 4) is 17.4 Å². The third-order valence-corrected chi connectivity index (χ3v) is 2.78. The summed E-state index contributed by atoms with van der Waals surface area (Å²) in [5.41, 5.74) is 1.91. The summed E-state index contributed by atoms with van der Waals surface area (Å²) in [5, 5.41) is 9.63. The van der Waals surface area contributed by atoms with Crippen LogP contribution >= 0.6 is 0 Å². The molecule has 5 nitrogen and oxygen atoms in total. The van der Waals surface area contributed by atoms with Crippen LogP contribution in [0.2, 0.25) is 0 Å². The van der Waals surface area contributed by atoms with Gasteiger partial charge in [-0.25, -0.2) is 4.98 Å². The maximum atomic E-state index is 9.63. The van der Waals surface area contributed by atoms with Crippen molar-refractivity contribution in [1.29, 1.82) is 0 Å². The monoisotopic (exact) mass is 253 g/mol. The second kappa shape index (κ2) is 4.53. The Balaban J connectivity index is 1.99. The normalized spacial score (nSPS) is 10.6. The molecule has 0 saturated carbocycles. The molecule has 0 atom stereocenters. The van der Waals surface area contributed by atoms with Crippen molar-refractivity contribution >= 4 is 11.2 Å². The molecule has 0 bridgehead atoms. The van der Waals surface area contributed by atoms with Crippen LogP contribution in [0.4, 0.5) is 0 Å². The number of rotatable bonds is 2. The summed E-state index contributed by atoms with van der Waals surface area (Å²) < 4.78 is 5.66. The number of ether oxygens (including phenoxy) is 1. The summed E-state index contributed by atoms with van der Waals surface area (Å²) in [5.74, 6) is 1.18. The number of phenolic OH excluding ortho intramolecular Hbond substituents is 1. The molecule has 3 rings (SSSR count). The minimum atomic E-state index is 0.193. The zero-order valence-corrected chi connectivity index (χ0v) is 10.2. The van der Waals surface area contributed by atoms with E-state index in [1.807, 2.05) is 0 Å². The van der Waals surface area contributed by atoms with E-state index in [0.29, 0.717) is 28.4 Å². The Morgan fingerprint density at radius 2 is 1.89 bits per heavy atom. The Bertz CT molecular complexity index is 744. The maximum Gasteiger partial charge on any atom is 0.221 e. The molecule has 1 N–H and O–H groups in total. The number of fused-ring (bicyclic) bond motifs is 1. The summed E-state index contributed by atoms with van der Waals surface area (Å²) >= 11 is 0. The Hall–Kier alpha value is -2.69. The molecule has 3 aromatic rings. The van der Waals surface area contributed by atoms with E-state index in [2.05, 4.69) is 15.0 Å². The molecule has 0 spiro atoms. The fraction of sp³-hybridized carbons (Fsp3) is 0.0714. The first-order valence-corrected chi connectivity index (χ1v) is 5.78. The van der Waals surface area contributed by atoms with E-state index in [1.165, 1.54) is 0 Å². The Kier molecular flexibility index (Phi) is 2.72. The summed E-state index contributed by atoms with van der Waals surface area (Å²) in [6.07, 6.45) is 3.20. The smallest absolute Gasteiger partial charge is 0.221 e. The van der Waals surface area contributed by atoms with E-state index < -0.39 is 0 Å². The first-order chi connectivity index (χ1) is 9.24. The number of phenols is 1. The molecule has 2 aromatic heterocycles. The van der Waals surface area contributed by atoms with Crippen molar-refractivity contribution in [2.45, 2.75) is 6.92 Å². The van der Waals surface area contributed by atoms with E-state index in [4.69, 9.17) is 4.74 Å². The van der Waals surface area contributed by atoms with Gasteiger partial charge < -0.3 is 9.84 Å². The second-order valence-electron chi connectivity index (χ2n) is 4.05. The van der Waals surface area contributed by atoms with Crippen LogP contribution in [-0.4, -0.2) is 20.1 Å². The standard InChI is InChI=1S/C14H11N3O2/c1-9-11(18)3-2-4-12(9)19-13-6-5-10-14(17-13)16-8-7-15-10/h2-8,18H,1H3. The van der Waals surface area contributed by atoms with Crippen molar-refractivity contribution in [2.75, 3.05) is 0 Å². The van der Waals surface area contributed by atoms with Crippen LogP contribution in [-0.2, 0) is 0 Å². The van der Waals surface area contributed by atoms with Gasteiger partial charge in [0, 0.05) is 24.0 Å². The van der Waals surface area contributed by atoms with Crippen molar-refractivity contribution in [3.63, 3.8) is 0 Å². The molecule has 0 saturated heterocycles. The molecule has 2 heterocycles. The van der Waals surface area contributed by atoms with E-state index in [1.54, 1.807) is 49.6 Å². The fourth-order valence-electron chi connectivity index (χ4n) is 1.72. The van der Waals surface area contributed by atoms with Gasteiger partial charge in [-0.1, -0.05) is 6.07 Å². The lowest BCUT2D eigenvalue weighted by molar-refractivity contribution is 0.440. The first kappa shape index (κ1) is 11.4. The van der Waals surface area contributed by atoms with Gasteiger partial charge in [0.1, 0.15) is 17.0 Å². The predicted octanol–water partition coefficient (Wildman–Crippen LogP) is 2.83. The molecule has 19 heavy (non-hydrogen) atoms. The lowest BCUT2D eigenvalue weighted by atomic mass is 10.2. The molecule has 1 aromatic carbocycles. The molecule has 0 aliphatic carbocycles. The van der Waals surface area contributed by atoms with Gasteiger partial charge in [0.05, 0.1) is 0 Å². The first-order valence-electron chi connectivity index (χ1n) is 5.78. The van der Waals surface area contributed by atoms with Crippen LogP contribution in [0, 0.1) is 6.92 Å². The number of benzene rings is 1. The molecular weight excluding hydrogens is 242 g/mol. The summed E-state index contributed by atoms with van der Waals surface area (Å²) in [7, 11) is 0. The number of aromatic hydroxyl groups is 1. The topological polar surface area (TPSA) is 68.1 Å². The zero-order valence-electron chi connectivity index (χ0n) is 10.2. The lowest BCUT2D eigenvalue weighted by Crippen LogP contribution is -1.93. The van der Waals surface area contributed by atoms with Gasteiger partial charge in [0.15, 0.2) is 5.65 Å². The highest BCUT2D eigenvalue weighted by molar-refractivity contribution is 5.69. The maximum absolute atomic E-state index is 9.63. The number of pyridine rings is 1. The molecule has 0 fully saturated rings. The molecule has 0 radical (unpaired) electrons. The number of hydrogen-bond acceptors (Lipinski definition) is 5. The number of aromatic nitrogens is 3. The Labute approximate surface area is 109 Å². The van der Waals surface area contributed by atoms with Crippen LogP contribution in [0.5, 0.6) is 17.4 Å². The lowest BCUT2D eigenvalue weighted by Gasteiger charge is -2.08. The van der Waals surface area contributed by atoms with Crippen LogP contribution in [0.15, 0.2) is 42.7 Å². The zero-order chi connectivity index (χ0) is 13.2. The number of nitrogens with zero attached hydrogens (tertiary/aromatic N) is 3. The summed E-state index contributed by atoms with van der Waals surface area (Å²) in [4.78, 5) is 12.5. The molecule has 0 aliphatic heterocycles. The second-order valence-corrected chi connectivity index (χ2v) is 4.05. The summed E-state index contributed by atoms with van der Waals surface area (Å²) in [6.45, 7) is 1.78. The number of hydrogen-bond donors (Lipinski definition) is 1. The van der Waals surface area contributed by atoms with Crippen molar-refractivity contribution in [2.24, 2.45) is 0 Å². The highest BCUT2D eigenvalue weighted by atomic mass is 16.5. The largest absolute Gasteiger partial charge is 0.508 e. The van der Waals surface area contributed by atoms with Crippen LogP contribution in [0.25, 0.3) is 11.2 Å². The van der Waals surface area contributed by atoms with Crippen LogP contribution < -0.4 is 4.74 Å². The van der Waals surface area contributed by atoms with Crippen molar-refractivity contribution < 1.29 is 9.84 Å². The highest BCUT2D eigenvalue weighted by Gasteiger charge is 2.07. The average Bonchev–Trinajstić information content (AvgIpc) is 2.44. The minimum absolute atomic E-state index is 0.193. The molecule has 5 heteroatoms.